The van der Waals surface area contributed by atoms with Crippen LogP contribution >= 0.6 is 15.9 Å². The molecule has 8 heteroatoms. The first-order chi connectivity index (χ1) is 8.10. The highest BCUT2D eigenvalue weighted by Crippen LogP contribution is 2.15. The number of aromatic nitrogens is 5. The van der Waals surface area contributed by atoms with Gasteiger partial charge in [0.1, 0.15) is 5.69 Å². The second-order valence-corrected chi connectivity index (χ2v) is 4.30. The Morgan fingerprint density at radius 1 is 1.59 bits per heavy atom. The van der Waals surface area contributed by atoms with Crippen molar-refractivity contribution in [2.45, 2.75) is 13.5 Å². The van der Waals surface area contributed by atoms with Gasteiger partial charge >= 0.3 is 0 Å². The summed E-state index contributed by atoms with van der Waals surface area (Å²) in [5.41, 5.74) is 0.548. The lowest BCUT2D eigenvalue weighted by Gasteiger charge is -2.04. The molecule has 0 radical (unpaired) electrons. The molecule has 2 heterocycles. The molecule has 0 aliphatic carbocycles. The molecule has 0 saturated heterocycles. The van der Waals surface area contributed by atoms with Gasteiger partial charge < -0.3 is 4.57 Å². The van der Waals surface area contributed by atoms with Gasteiger partial charge in [-0.2, -0.15) is 4.80 Å². The summed E-state index contributed by atoms with van der Waals surface area (Å²) in [5, 5.41) is 13.8. The van der Waals surface area contributed by atoms with E-state index in [1.807, 2.05) is 17.7 Å². The minimum absolute atomic E-state index is 0.192. The molecule has 0 aliphatic heterocycles. The van der Waals surface area contributed by atoms with Gasteiger partial charge in [-0.3, -0.25) is 10.1 Å². The molecule has 0 saturated carbocycles. The fourth-order valence-corrected chi connectivity index (χ4v) is 1.89. The number of hydrogen-bond donors (Lipinski definition) is 1. The molecule has 0 aromatic carbocycles. The highest BCUT2D eigenvalue weighted by Gasteiger charge is 2.14. The van der Waals surface area contributed by atoms with Gasteiger partial charge in [0, 0.05) is 17.2 Å². The summed E-state index contributed by atoms with van der Waals surface area (Å²) in [6.45, 7) is 2.67. The number of anilines is 1. The first-order valence-electron chi connectivity index (χ1n) is 5.01. The summed E-state index contributed by atoms with van der Waals surface area (Å²) in [5.74, 6) is -0.0666. The lowest BCUT2D eigenvalue weighted by molar-refractivity contribution is 0.101. The van der Waals surface area contributed by atoms with Gasteiger partial charge in [0.05, 0.1) is 7.05 Å². The summed E-state index contributed by atoms with van der Waals surface area (Å²) in [7, 11) is 1.63. The number of nitrogens with zero attached hydrogens (tertiary/aromatic N) is 5. The fraction of sp³-hybridized carbons (Fsp3) is 0.333. The quantitative estimate of drug-likeness (QED) is 0.919. The Morgan fingerprint density at radius 3 is 2.94 bits per heavy atom. The molecule has 90 valence electrons. The van der Waals surface area contributed by atoms with Crippen LogP contribution in [0.25, 0.3) is 0 Å². The van der Waals surface area contributed by atoms with E-state index in [4.69, 9.17) is 0 Å². The first kappa shape index (κ1) is 11.8. The third-order valence-electron chi connectivity index (χ3n) is 2.17. The monoisotopic (exact) mass is 298 g/mol. The Hall–Kier alpha value is -1.70. The Balaban J connectivity index is 2.19. The third kappa shape index (κ3) is 2.52. The Labute approximate surface area is 106 Å². The number of rotatable bonds is 3. The molecule has 1 N–H and O–H groups in total. The SMILES string of the molecule is CCn1cc(Br)cc1C(=O)Nc1nnn(C)n1. The van der Waals surface area contributed by atoms with Crippen LogP contribution < -0.4 is 5.32 Å². The number of nitrogens with one attached hydrogen (secondary N) is 1. The van der Waals surface area contributed by atoms with E-state index in [9.17, 15) is 4.79 Å². The Kier molecular flexibility index (Phi) is 3.23. The second-order valence-electron chi connectivity index (χ2n) is 3.39. The van der Waals surface area contributed by atoms with Crippen molar-refractivity contribution >= 4 is 27.8 Å². The summed E-state index contributed by atoms with van der Waals surface area (Å²) >= 11 is 3.33. The van der Waals surface area contributed by atoms with E-state index < -0.39 is 0 Å². The van der Waals surface area contributed by atoms with Crippen molar-refractivity contribution in [3.05, 3.63) is 22.4 Å². The van der Waals surface area contributed by atoms with Crippen molar-refractivity contribution in [2.24, 2.45) is 7.05 Å². The fourth-order valence-electron chi connectivity index (χ4n) is 1.43. The first-order valence-corrected chi connectivity index (χ1v) is 5.80. The molecule has 0 aliphatic rings. The number of hydrogen-bond acceptors (Lipinski definition) is 4. The van der Waals surface area contributed by atoms with E-state index in [0.29, 0.717) is 12.2 Å². The Bertz CT molecular complexity index is 545. The third-order valence-corrected chi connectivity index (χ3v) is 2.60. The zero-order valence-corrected chi connectivity index (χ0v) is 11.0. The van der Waals surface area contributed by atoms with Crippen molar-refractivity contribution in [2.75, 3.05) is 5.32 Å². The highest BCUT2D eigenvalue weighted by atomic mass is 79.9. The van der Waals surface area contributed by atoms with Gasteiger partial charge in [0.25, 0.3) is 11.9 Å². The van der Waals surface area contributed by atoms with Gasteiger partial charge in [-0.1, -0.05) is 5.10 Å². The predicted molar refractivity (Wildman–Crippen MR) is 64.6 cm³/mol. The van der Waals surface area contributed by atoms with Crippen LogP contribution in [-0.4, -0.2) is 30.7 Å². The van der Waals surface area contributed by atoms with E-state index in [2.05, 4.69) is 36.7 Å². The molecule has 17 heavy (non-hydrogen) atoms. The molecule has 0 atom stereocenters. The van der Waals surface area contributed by atoms with Crippen LogP contribution in [0, 0.1) is 0 Å². The zero-order valence-electron chi connectivity index (χ0n) is 9.38. The van der Waals surface area contributed by atoms with Crippen molar-refractivity contribution in [1.29, 1.82) is 0 Å². The van der Waals surface area contributed by atoms with Crippen molar-refractivity contribution < 1.29 is 4.79 Å². The number of tetrazole rings is 1. The predicted octanol–water partition coefficient (Wildman–Crippen LogP) is 1.05. The summed E-state index contributed by atoms with van der Waals surface area (Å²) in [4.78, 5) is 13.2. The summed E-state index contributed by atoms with van der Waals surface area (Å²) < 4.78 is 2.69. The number of carbonyl (C=O) groups excluding carboxylic acids is 1. The molecule has 2 rings (SSSR count). The van der Waals surface area contributed by atoms with Gasteiger partial charge in [0.2, 0.25) is 0 Å². The smallest absolute Gasteiger partial charge is 0.274 e. The van der Waals surface area contributed by atoms with Gasteiger partial charge in [-0.05, 0) is 34.1 Å². The van der Waals surface area contributed by atoms with Gasteiger partial charge in [-0.25, -0.2) is 0 Å². The standard InChI is InChI=1S/C9H11BrN6O/c1-3-16-5-6(10)4-7(16)8(17)11-9-12-14-15(2)13-9/h4-5H,3H2,1-2H3,(H,11,13,17). The van der Waals surface area contributed by atoms with E-state index in [1.54, 1.807) is 13.1 Å². The maximum Gasteiger partial charge on any atom is 0.274 e. The molecule has 0 unspecified atom stereocenters. The van der Waals surface area contributed by atoms with Crippen LogP contribution in [0.1, 0.15) is 17.4 Å². The molecule has 0 bridgehead atoms. The topological polar surface area (TPSA) is 77.6 Å². The van der Waals surface area contributed by atoms with Crippen LogP contribution in [0.5, 0.6) is 0 Å². The number of aryl methyl sites for hydroxylation is 2. The molecular formula is C9H11BrN6O. The van der Waals surface area contributed by atoms with E-state index in [0.717, 1.165) is 4.47 Å². The maximum atomic E-state index is 11.9. The molecule has 2 aromatic heterocycles. The normalized spacial score (nSPS) is 10.5. The molecule has 2 aromatic rings. The number of halogens is 1. The van der Waals surface area contributed by atoms with Crippen LogP contribution in [-0.2, 0) is 13.6 Å². The van der Waals surface area contributed by atoms with Crippen LogP contribution in [0.4, 0.5) is 5.95 Å². The summed E-state index contributed by atoms with van der Waals surface area (Å²) in [6.07, 6.45) is 1.85. The van der Waals surface area contributed by atoms with Crippen molar-refractivity contribution in [3.8, 4) is 0 Å². The molecule has 7 nitrogen and oxygen atoms in total. The van der Waals surface area contributed by atoms with E-state index >= 15 is 0 Å². The average molecular weight is 299 g/mol. The second kappa shape index (κ2) is 4.66. The van der Waals surface area contributed by atoms with Crippen molar-refractivity contribution in [1.82, 2.24) is 24.8 Å². The number of amides is 1. The average Bonchev–Trinajstić information content (AvgIpc) is 2.84. The van der Waals surface area contributed by atoms with Crippen LogP contribution in [0.2, 0.25) is 0 Å². The minimum Gasteiger partial charge on any atom is -0.343 e. The lowest BCUT2D eigenvalue weighted by atomic mass is 10.4. The number of carbonyl (C=O) groups is 1. The zero-order chi connectivity index (χ0) is 12.4. The van der Waals surface area contributed by atoms with E-state index in [1.165, 1.54) is 4.80 Å². The molecular weight excluding hydrogens is 288 g/mol. The minimum atomic E-state index is -0.259. The summed E-state index contributed by atoms with van der Waals surface area (Å²) in [6, 6.07) is 1.75. The largest absolute Gasteiger partial charge is 0.343 e. The van der Waals surface area contributed by atoms with Crippen LogP contribution in [0.3, 0.4) is 0 Å². The van der Waals surface area contributed by atoms with Gasteiger partial charge in [-0.15, -0.1) is 5.10 Å². The maximum absolute atomic E-state index is 11.9. The van der Waals surface area contributed by atoms with Crippen LogP contribution in [0.15, 0.2) is 16.7 Å². The Morgan fingerprint density at radius 2 is 2.35 bits per heavy atom. The molecule has 1 amide bonds. The molecule has 0 spiro atoms. The highest BCUT2D eigenvalue weighted by molar-refractivity contribution is 9.10. The van der Waals surface area contributed by atoms with Gasteiger partial charge in [0.15, 0.2) is 0 Å². The molecule has 0 fully saturated rings. The van der Waals surface area contributed by atoms with Crippen molar-refractivity contribution in [3.63, 3.8) is 0 Å². The lowest BCUT2D eigenvalue weighted by Crippen LogP contribution is -2.17. The van der Waals surface area contributed by atoms with E-state index in [-0.39, 0.29) is 11.9 Å².